The number of carboxylic acid groups (broad SMARTS) is 1. The van der Waals surface area contributed by atoms with E-state index in [4.69, 9.17) is 5.11 Å². The first-order chi connectivity index (χ1) is 11.9. The smallest absolute Gasteiger partial charge is 0.303 e. The van der Waals surface area contributed by atoms with Crippen LogP contribution in [0.25, 0.3) is 0 Å². The highest BCUT2D eigenvalue weighted by Gasteiger charge is 2.27. The number of nitrogens with zero attached hydrogens (tertiary/aromatic N) is 1. The number of piperidine rings is 1. The molecule has 1 amide bonds. The van der Waals surface area contributed by atoms with E-state index in [1.807, 2.05) is 32.9 Å². The largest absolute Gasteiger partial charge is 0.481 e. The molecule has 1 fully saturated rings. The Kier molecular flexibility index (Phi) is 6.51. The van der Waals surface area contributed by atoms with E-state index in [0.717, 1.165) is 34.5 Å². The van der Waals surface area contributed by atoms with E-state index in [2.05, 4.69) is 22.5 Å². The van der Waals surface area contributed by atoms with E-state index in [9.17, 15) is 9.59 Å². The van der Waals surface area contributed by atoms with Crippen LogP contribution < -0.4 is 5.32 Å². The molecule has 1 unspecified atom stereocenters. The maximum absolute atomic E-state index is 12.0. The zero-order chi connectivity index (χ0) is 18.4. The van der Waals surface area contributed by atoms with Gasteiger partial charge in [0.1, 0.15) is 0 Å². The number of carboxylic acids is 1. The molecule has 1 heterocycles. The third-order valence-corrected chi connectivity index (χ3v) is 4.25. The molecule has 1 atom stereocenters. The van der Waals surface area contributed by atoms with Crippen molar-refractivity contribution in [3.8, 4) is 0 Å². The second kappa shape index (κ2) is 8.60. The molecule has 0 aromatic heterocycles. The molecule has 0 spiro atoms. The number of amides is 1. The van der Waals surface area contributed by atoms with Gasteiger partial charge in [0.15, 0.2) is 0 Å². The molecule has 25 heavy (non-hydrogen) atoms. The first-order valence-electron chi connectivity index (χ1n) is 8.67. The third-order valence-electron chi connectivity index (χ3n) is 4.25. The van der Waals surface area contributed by atoms with Crippen molar-refractivity contribution < 1.29 is 14.7 Å². The summed E-state index contributed by atoms with van der Waals surface area (Å²) in [6, 6.07) is 0.0396. The van der Waals surface area contributed by atoms with E-state index in [1.54, 1.807) is 0 Å². The van der Waals surface area contributed by atoms with Gasteiger partial charge in [-0.3, -0.25) is 14.6 Å². The zero-order valence-corrected chi connectivity index (χ0v) is 15.1. The Morgan fingerprint density at radius 2 is 2.12 bits per heavy atom. The minimum absolute atomic E-state index is 0.0313. The predicted molar refractivity (Wildman–Crippen MR) is 99.4 cm³/mol. The van der Waals surface area contributed by atoms with Gasteiger partial charge in [0.05, 0.1) is 18.2 Å². The molecule has 5 heteroatoms. The minimum atomic E-state index is -0.784. The van der Waals surface area contributed by atoms with Crippen molar-refractivity contribution in [2.24, 2.45) is 4.99 Å². The standard InChI is InChI=1S/C20H26N2O3/c1-13(2)21-18(14(3)7-6-10-20(24)25)11-15-12-19(23)22-17-9-5-4-8-16(15)17/h4-5,8,11,17H,6-7,9-10,12H2,1-3H3,(H,22,23)(H,24,25)/b15-11+,18-14?. The lowest BCUT2D eigenvalue weighted by molar-refractivity contribution is -0.137. The summed E-state index contributed by atoms with van der Waals surface area (Å²) in [6.07, 6.45) is 10.7. The molecule has 0 aromatic carbocycles. The number of carbonyl (C=O) groups excluding carboxylic acids is 1. The maximum Gasteiger partial charge on any atom is 0.303 e. The van der Waals surface area contributed by atoms with Gasteiger partial charge in [0.25, 0.3) is 0 Å². The lowest BCUT2D eigenvalue weighted by atomic mass is 9.86. The van der Waals surface area contributed by atoms with Crippen molar-refractivity contribution in [1.82, 2.24) is 5.32 Å². The average molecular weight is 342 g/mol. The fourth-order valence-corrected chi connectivity index (χ4v) is 3.04. The van der Waals surface area contributed by atoms with E-state index >= 15 is 0 Å². The SMILES string of the molecule is CC(C)=NC(/C=C1\CC(=O)NC2CC=CC=C12)=C(C)CCCC(=O)O. The summed E-state index contributed by atoms with van der Waals surface area (Å²) >= 11 is 0. The van der Waals surface area contributed by atoms with Crippen molar-refractivity contribution in [3.05, 3.63) is 46.7 Å². The van der Waals surface area contributed by atoms with Crippen LogP contribution in [0.5, 0.6) is 0 Å². The summed E-state index contributed by atoms with van der Waals surface area (Å²) in [5.41, 5.74) is 4.95. The second-order valence-corrected chi connectivity index (χ2v) is 6.72. The monoisotopic (exact) mass is 342 g/mol. The Hall–Kier alpha value is -2.43. The van der Waals surface area contributed by atoms with Gasteiger partial charge in [-0.2, -0.15) is 0 Å². The first kappa shape index (κ1) is 18.9. The molecule has 1 aliphatic heterocycles. The molecule has 5 nitrogen and oxygen atoms in total. The van der Waals surface area contributed by atoms with Crippen molar-refractivity contribution in [2.75, 3.05) is 0 Å². The number of hydrogen-bond donors (Lipinski definition) is 2. The topological polar surface area (TPSA) is 78.8 Å². The minimum Gasteiger partial charge on any atom is -0.481 e. The third kappa shape index (κ3) is 5.55. The molecule has 1 aliphatic carbocycles. The molecule has 0 radical (unpaired) electrons. The number of fused-ring (bicyclic) bond motifs is 1. The summed E-state index contributed by atoms with van der Waals surface area (Å²) in [4.78, 5) is 27.4. The average Bonchev–Trinajstić information content (AvgIpc) is 2.53. The Balaban J connectivity index is 2.33. The maximum atomic E-state index is 12.0. The van der Waals surface area contributed by atoms with E-state index in [-0.39, 0.29) is 18.4 Å². The number of aliphatic carboxylic acids is 1. The normalized spacial score (nSPS) is 21.9. The summed E-state index contributed by atoms with van der Waals surface area (Å²) in [5.74, 6) is -0.752. The zero-order valence-electron chi connectivity index (χ0n) is 15.1. The fraction of sp³-hybridized carbons (Fsp3) is 0.450. The molecule has 2 N–H and O–H groups in total. The lowest BCUT2D eigenvalue weighted by Gasteiger charge is -2.30. The van der Waals surface area contributed by atoms with Gasteiger partial charge in [0, 0.05) is 12.1 Å². The van der Waals surface area contributed by atoms with E-state index in [1.165, 1.54) is 0 Å². The highest BCUT2D eigenvalue weighted by molar-refractivity contribution is 5.84. The molecule has 1 saturated heterocycles. The molecular formula is C20H26N2O3. The highest BCUT2D eigenvalue weighted by atomic mass is 16.4. The van der Waals surface area contributed by atoms with Crippen molar-refractivity contribution in [3.63, 3.8) is 0 Å². The predicted octanol–water partition coefficient (Wildman–Crippen LogP) is 3.70. The summed E-state index contributed by atoms with van der Waals surface area (Å²) in [6.45, 7) is 5.85. The van der Waals surface area contributed by atoms with E-state index in [0.29, 0.717) is 19.3 Å². The van der Waals surface area contributed by atoms with Crippen LogP contribution in [0, 0.1) is 0 Å². The van der Waals surface area contributed by atoms with Crippen LogP contribution in [0.1, 0.15) is 52.9 Å². The Morgan fingerprint density at radius 3 is 2.80 bits per heavy atom. The molecular weight excluding hydrogens is 316 g/mol. The molecule has 0 aromatic rings. The van der Waals surface area contributed by atoms with Gasteiger partial charge >= 0.3 is 5.97 Å². The second-order valence-electron chi connectivity index (χ2n) is 6.72. The lowest BCUT2D eigenvalue weighted by Crippen LogP contribution is -2.41. The van der Waals surface area contributed by atoms with Crippen molar-refractivity contribution >= 4 is 17.6 Å². The van der Waals surface area contributed by atoms with Crippen molar-refractivity contribution in [1.29, 1.82) is 0 Å². The number of carbonyl (C=O) groups is 2. The van der Waals surface area contributed by atoms with Crippen LogP contribution in [0.3, 0.4) is 0 Å². The van der Waals surface area contributed by atoms with Crippen LogP contribution in [-0.2, 0) is 9.59 Å². The van der Waals surface area contributed by atoms with Crippen LogP contribution in [0.2, 0.25) is 0 Å². The Morgan fingerprint density at radius 1 is 1.36 bits per heavy atom. The first-order valence-corrected chi connectivity index (χ1v) is 8.67. The van der Waals surface area contributed by atoms with E-state index < -0.39 is 5.97 Å². The van der Waals surface area contributed by atoms with Crippen LogP contribution in [-0.4, -0.2) is 28.7 Å². The van der Waals surface area contributed by atoms with Crippen LogP contribution in [0.4, 0.5) is 0 Å². The van der Waals surface area contributed by atoms with Gasteiger partial charge in [-0.1, -0.05) is 18.2 Å². The molecule has 2 rings (SSSR count). The Bertz CT molecular complexity index is 704. The van der Waals surface area contributed by atoms with Crippen molar-refractivity contribution in [2.45, 2.75) is 58.9 Å². The quantitative estimate of drug-likeness (QED) is 0.723. The summed E-state index contributed by atoms with van der Waals surface area (Å²) < 4.78 is 0. The number of rotatable bonds is 6. The summed E-state index contributed by atoms with van der Waals surface area (Å²) in [5, 5.41) is 11.8. The fourth-order valence-electron chi connectivity index (χ4n) is 3.04. The summed E-state index contributed by atoms with van der Waals surface area (Å²) in [7, 11) is 0. The number of nitrogens with one attached hydrogen (secondary N) is 1. The molecule has 0 saturated carbocycles. The number of allylic oxidation sites excluding steroid dienone is 4. The molecule has 134 valence electrons. The number of hydrogen-bond acceptors (Lipinski definition) is 3. The van der Waals surface area contributed by atoms with Gasteiger partial charge in [-0.05, 0) is 62.8 Å². The van der Waals surface area contributed by atoms with Gasteiger partial charge in [-0.25, -0.2) is 0 Å². The number of aliphatic imine (C=N–C) groups is 1. The highest BCUT2D eigenvalue weighted by Crippen LogP contribution is 2.30. The van der Waals surface area contributed by atoms with Gasteiger partial charge < -0.3 is 10.4 Å². The van der Waals surface area contributed by atoms with Crippen LogP contribution >= 0.6 is 0 Å². The molecule has 2 aliphatic rings. The van der Waals surface area contributed by atoms with Gasteiger partial charge in [-0.15, -0.1) is 0 Å². The Labute approximate surface area is 148 Å². The van der Waals surface area contributed by atoms with Gasteiger partial charge in [0.2, 0.25) is 5.91 Å². The van der Waals surface area contributed by atoms with Crippen LogP contribution in [0.15, 0.2) is 51.7 Å². The molecule has 0 bridgehead atoms.